The average Bonchev–Trinajstić information content (AvgIpc) is 3.34. The van der Waals surface area contributed by atoms with Crippen molar-refractivity contribution in [3.05, 3.63) is 112 Å². The summed E-state index contributed by atoms with van der Waals surface area (Å²) in [4.78, 5) is 28.4. The topological polar surface area (TPSA) is 98.3 Å². The van der Waals surface area contributed by atoms with E-state index in [-0.39, 0.29) is 5.69 Å². The molecule has 0 bridgehead atoms. The summed E-state index contributed by atoms with van der Waals surface area (Å²) < 4.78 is 6.03. The van der Waals surface area contributed by atoms with Crippen LogP contribution >= 0.6 is 11.6 Å². The van der Waals surface area contributed by atoms with E-state index in [1.165, 1.54) is 18.2 Å². The van der Waals surface area contributed by atoms with E-state index in [1.54, 1.807) is 42.5 Å². The number of amides is 1. The number of aromatic nitrogens is 1. The number of pyridine rings is 1. The first kappa shape index (κ1) is 21.4. The molecule has 0 aliphatic heterocycles. The van der Waals surface area contributed by atoms with Crippen molar-refractivity contribution < 1.29 is 14.1 Å². The van der Waals surface area contributed by atoms with Crippen LogP contribution in [0.1, 0.15) is 10.4 Å². The predicted octanol–water partition coefficient (Wildman–Crippen LogP) is 6.98. The highest BCUT2D eigenvalue weighted by Crippen LogP contribution is 2.33. The van der Waals surface area contributed by atoms with Crippen LogP contribution in [-0.2, 0) is 0 Å². The number of rotatable bonds is 5. The van der Waals surface area contributed by atoms with Crippen LogP contribution in [-0.4, -0.2) is 15.8 Å². The van der Waals surface area contributed by atoms with Crippen molar-refractivity contribution >= 4 is 39.8 Å². The van der Waals surface area contributed by atoms with Gasteiger partial charge in [0.15, 0.2) is 5.76 Å². The Hall–Kier alpha value is -4.49. The third-order valence-electron chi connectivity index (χ3n) is 5.27. The number of para-hydroxylation sites is 1. The number of nitrogens with zero attached hydrogens (tertiary/aromatic N) is 2. The molecule has 2 heterocycles. The fraction of sp³-hybridized carbons (Fsp3) is 0. The second-order valence-electron chi connectivity index (χ2n) is 7.48. The Morgan fingerprint density at radius 3 is 2.50 bits per heavy atom. The van der Waals surface area contributed by atoms with Gasteiger partial charge in [0.2, 0.25) is 0 Å². The highest BCUT2D eigenvalue weighted by atomic mass is 35.5. The zero-order valence-electron chi connectivity index (χ0n) is 17.6. The number of anilines is 1. The minimum absolute atomic E-state index is 0.110. The normalized spacial score (nSPS) is 10.9. The van der Waals surface area contributed by atoms with Crippen LogP contribution in [0, 0.1) is 10.1 Å². The van der Waals surface area contributed by atoms with Crippen LogP contribution in [0.2, 0.25) is 5.02 Å². The number of fused-ring (bicyclic) bond motifs is 1. The first-order valence-corrected chi connectivity index (χ1v) is 10.7. The molecule has 1 amide bonds. The Morgan fingerprint density at radius 2 is 1.68 bits per heavy atom. The smallest absolute Gasteiger partial charge is 0.271 e. The molecule has 0 aliphatic carbocycles. The lowest BCUT2D eigenvalue weighted by molar-refractivity contribution is -0.384. The maximum absolute atomic E-state index is 13.2. The number of furan rings is 1. The molecule has 166 valence electrons. The number of hydrogen-bond donors (Lipinski definition) is 1. The third kappa shape index (κ3) is 4.12. The van der Waals surface area contributed by atoms with Gasteiger partial charge in [-0.15, -0.1) is 0 Å². The number of nitro groups is 1. The van der Waals surface area contributed by atoms with Crippen molar-refractivity contribution in [3.8, 4) is 22.8 Å². The van der Waals surface area contributed by atoms with Gasteiger partial charge < -0.3 is 9.73 Å². The van der Waals surface area contributed by atoms with E-state index in [1.807, 2.05) is 30.3 Å². The van der Waals surface area contributed by atoms with Crippen LogP contribution in [0.4, 0.5) is 11.4 Å². The Balaban J connectivity index is 1.55. The van der Waals surface area contributed by atoms with E-state index in [9.17, 15) is 14.9 Å². The molecule has 2 aromatic heterocycles. The summed E-state index contributed by atoms with van der Waals surface area (Å²) in [6.45, 7) is 0. The lowest BCUT2D eigenvalue weighted by atomic mass is 10.1. The minimum atomic E-state index is -0.511. The molecule has 34 heavy (non-hydrogen) atoms. The van der Waals surface area contributed by atoms with Crippen molar-refractivity contribution in [3.63, 3.8) is 0 Å². The highest BCUT2D eigenvalue weighted by Gasteiger charge is 2.17. The first-order chi connectivity index (χ1) is 16.5. The zero-order chi connectivity index (χ0) is 23.7. The number of hydrogen-bond acceptors (Lipinski definition) is 5. The Kier molecular flexibility index (Phi) is 5.53. The number of carbonyl (C=O) groups is 1. The number of nitro benzene ring substituents is 1. The molecule has 1 N–H and O–H groups in total. The van der Waals surface area contributed by atoms with E-state index >= 15 is 0 Å². The van der Waals surface area contributed by atoms with E-state index < -0.39 is 10.8 Å². The molecular formula is C26H16ClN3O4. The van der Waals surface area contributed by atoms with Gasteiger partial charge in [0.1, 0.15) is 11.5 Å². The van der Waals surface area contributed by atoms with Crippen molar-refractivity contribution in [2.75, 3.05) is 5.32 Å². The minimum Gasteiger partial charge on any atom is -0.454 e. The molecule has 0 fully saturated rings. The summed E-state index contributed by atoms with van der Waals surface area (Å²) >= 11 is 6.30. The quantitative estimate of drug-likeness (QED) is 0.221. The average molecular weight is 470 g/mol. The Morgan fingerprint density at radius 1 is 0.912 bits per heavy atom. The molecule has 0 atom stereocenters. The Bertz CT molecular complexity index is 1560. The molecule has 3 aromatic carbocycles. The summed E-state index contributed by atoms with van der Waals surface area (Å²) in [6, 6.07) is 25.6. The van der Waals surface area contributed by atoms with Gasteiger partial charge in [-0.05, 0) is 42.5 Å². The molecule has 7 nitrogen and oxygen atoms in total. The SMILES string of the molecule is O=C(Nc1cccc([N+](=O)[O-])c1)c1cc(-c2ccc(-c3ccccc3Cl)o2)nc2ccccc12. The lowest BCUT2D eigenvalue weighted by Gasteiger charge is -2.10. The van der Waals surface area contributed by atoms with Gasteiger partial charge in [0.05, 0.1) is 21.0 Å². The maximum Gasteiger partial charge on any atom is 0.271 e. The molecule has 0 spiro atoms. The van der Waals surface area contributed by atoms with Crippen LogP contribution < -0.4 is 5.32 Å². The summed E-state index contributed by atoms with van der Waals surface area (Å²) in [6.07, 6.45) is 0. The number of nitrogens with one attached hydrogen (secondary N) is 1. The molecule has 0 radical (unpaired) electrons. The van der Waals surface area contributed by atoms with Crippen molar-refractivity contribution in [2.24, 2.45) is 0 Å². The second-order valence-corrected chi connectivity index (χ2v) is 7.88. The highest BCUT2D eigenvalue weighted by molar-refractivity contribution is 6.33. The van der Waals surface area contributed by atoms with E-state index in [0.717, 1.165) is 5.56 Å². The van der Waals surface area contributed by atoms with Gasteiger partial charge in [-0.25, -0.2) is 4.98 Å². The molecule has 5 aromatic rings. The molecule has 0 saturated carbocycles. The van der Waals surface area contributed by atoms with E-state index in [0.29, 0.717) is 44.4 Å². The summed E-state index contributed by atoms with van der Waals surface area (Å²) in [7, 11) is 0. The van der Waals surface area contributed by atoms with Crippen LogP contribution in [0.5, 0.6) is 0 Å². The Labute approximate surface area is 198 Å². The summed E-state index contributed by atoms with van der Waals surface area (Å²) in [5, 5.41) is 15.0. The van der Waals surface area contributed by atoms with Gasteiger partial charge in [0.25, 0.3) is 11.6 Å². The standard InChI is InChI=1S/C26H16ClN3O4/c27-21-10-3-1-9-19(21)24-12-13-25(34-24)23-15-20(18-8-2-4-11-22(18)29-23)26(31)28-16-6-5-7-17(14-16)30(32)33/h1-15H,(H,28,31). The van der Waals surface area contributed by atoms with Crippen molar-refractivity contribution in [2.45, 2.75) is 0 Å². The number of carbonyl (C=O) groups excluding carboxylic acids is 1. The molecule has 0 saturated heterocycles. The fourth-order valence-corrected chi connectivity index (χ4v) is 3.90. The zero-order valence-corrected chi connectivity index (χ0v) is 18.3. The third-order valence-corrected chi connectivity index (χ3v) is 5.60. The predicted molar refractivity (Wildman–Crippen MR) is 131 cm³/mol. The number of non-ortho nitro benzene ring substituents is 1. The molecule has 0 aliphatic rings. The fourth-order valence-electron chi connectivity index (χ4n) is 3.67. The lowest BCUT2D eigenvalue weighted by Crippen LogP contribution is -2.13. The van der Waals surface area contributed by atoms with Gasteiger partial charge in [0, 0.05) is 28.8 Å². The largest absolute Gasteiger partial charge is 0.454 e. The molecule has 0 unspecified atom stereocenters. The van der Waals surface area contributed by atoms with Crippen LogP contribution in [0.25, 0.3) is 33.7 Å². The van der Waals surface area contributed by atoms with Crippen molar-refractivity contribution in [1.82, 2.24) is 4.98 Å². The summed E-state index contributed by atoms with van der Waals surface area (Å²) in [5.74, 6) is 0.640. The second kappa shape index (κ2) is 8.80. The van der Waals surface area contributed by atoms with E-state index in [2.05, 4.69) is 10.3 Å². The molecular weight excluding hydrogens is 454 g/mol. The molecule has 5 rings (SSSR count). The van der Waals surface area contributed by atoms with Crippen molar-refractivity contribution in [1.29, 1.82) is 0 Å². The number of benzene rings is 3. The first-order valence-electron chi connectivity index (χ1n) is 10.3. The summed E-state index contributed by atoms with van der Waals surface area (Å²) in [5.41, 5.74) is 2.41. The van der Waals surface area contributed by atoms with Gasteiger partial charge in [-0.1, -0.05) is 48.0 Å². The van der Waals surface area contributed by atoms with Crippen LogP contribution in [0.15, 0.2) is 95.4 Å². The molecule has 8 heteroatoms. The monoisotopic (exact) mass is 469 g/mol. The van der Waals surface area contributed by atoms with Gasteiger partial charge >= 0.3 is 0 Å². The van der Waals surface area contributed by atoms with Crippen LogP contribution in [0.3, 0.4) is 0 Å². The maximum atomic E-state index is 13.2. The van der Waals surface area contributed by atoms with Gasteiger partial charge in [-0.3, -0.25) is 14.9 Å². The number of halogens is 1. The van der Waals surface area contributed by atoms with Gasteiger partial charge in [-0.2, -0.15) is 0 Å². The van der Waals surface area contributed by atoms with E-state index in [4.69, 9.17) is 16.0 Å².